The first kappa shape index (κ1) is 24.3. The molecular formula is C31H34N4O3. The molecule has 0 unspecified atom stereocenters. The first-order valence-corrected chi connectivity index (χ1v) is 13.3. The highest BCUT2D eigenvalue weighted by atomic mass is 16.5. The highest BCUT2D eigenvalue weighted by Crippen LogP contribution is 2.45. The number of anilines is 2. The molecule has 1 N–H and O–H groups in total. The van der Waals surface area contributed by atoms with Crippen LogP contribution in [0.4, 0.5) is 16.2 Å². The molecular weight excluding hydrogens is 476 g/mol. The second-order valence-corrected chi connectivity index (χ2v) is 11.0. The van der Waals surface area contributed by atoms with E-state index < -0.39 is 5.72 Å². The molecule has 3 aliphatic heterocycles. The van der Waals surface area contributed by atoms with Gasteiger partial charge in [0.15, 0.2) is 5.72 Å². The monoisotopic (exact) mass is 510 g/mol. The van der Waals surface area contributed by atoms with E-state index in [4.69, 9.17) is 4.74 Å². The second-order valence-electron chi connectivity index (χ2n) is 11.0. The Hall–Kier alpha value is -4.00. The molecule has 7 nitrogen and oxygen atoms in total. The summed E-state index contributed by atoms with van der Waals surface area (Å²) < 4.78 is 6.43. The number of hydrogen-bond donors (Lipinski definition) is 1. The normalized spacial score (nSPS) is 22.5. The van der Waals surface area contributed by atoms with Crippen molar-refractivity contribution in [2.24, 2.45) is 0 Å². The summed E-state index contributed by atoms with van der Waals surface area (Å²) in [6, 6.07) is 19.6. The number of hydrogen-bond acceptors (Lipinski definition) is 4. The number of carbonyl (C=O) groups is 2. The van der Waals surface area contributed by atoms with E-state index in [-0.39, 0.29) is 18.0 Å². The predicted octanol–water partition coefficient (Wildman–Crippen LogP) is 5.34. The molecule has 3 aliphatic rings. The number of benzene rings is 3. The van der Waals surface area contributed by atoms with Gasteiger partial charge in [0.25, 0.3) is 5.91 Å². The van der Waals surface area contributed by atoms with Crippen molar-refractivity contribution < 1.29 is 14.3 Å². The highest BCUT2D eigenvalue weighted by molar-refractivity contribution is 5.99. The van der Waals surface area contributed by atoms with Gasteiger partial charge in [0.2, 0.25) is 0 Å². The number of rotatable bonds is 3. The molecule has 2 saturated heterocycles. The molecule has 3 aromatic rings. The Labute approximate surface area is 224 Å². The average molecular weight is 511 g/mol. The average Bonchev–Trinajstić information content (AvgIpc) is 2.89. The van der Waals surface area contributed by atoms with E-state index in [1.54, 1.807) is 4.90 Å². The molecule has 6 rings (SSSR count). The Morgan fingerprint density at radius 3 is 2.45 bits per heavy atom. The summed E-state index contributed by atoms with van der Waals surface area (Å²) in [5, 5.41) is 3.15. The van der Waals surface area contributed by atoms with Crippen LogP contribution in [-0.4, -0.2) is 48.7 Å². The van der Waals surface area contributed by atoms with Crippen LogP contribution in [0.15, 0.2) is 60.7 Å². The summed E-state index contributed by atoms with van der Waals surface area (Å²) in [6.07, 6.45) is 0.619. The van der Waals surface area contributed by atoms with Crippen molar-refractivity contribution in [3.8, 4) is 5.75 Å². The van der Waals surface area contributed by atoms with E-state index in [0.29, 0.717) is 30.8 Å². The lowest BCUT2D eigenvalue weighted by molar-refractivity contribution is 0.0377. The van der Waals surface area contributed by atoms with E-state index in [1.807, 2.05) is 55.1 Å². The molecule has 3 heterocycles. The quantitative estimate of drug-likeness (QED) is 0.516. The minimum Gasteiger partial charge on any atom is -0.467 e. The Morgan fingerprint density at radius 1 is 0.947 bits per heavy atom. The number of fused-ring (bicyclic) bond motifs is 4. The number of piperazine rings is 1. The van der Waals surface area contributed by atoms with Crippen molar-refractivity contribution in [1.29, 1.82) is 0 Å². The van der Waals surface area contributed by atoms with Gasteiger partial charge in [-0.3, -0.25) is 9.69 Å². The number of amides is 3. The van der Waals surface area contributed by atoms with Crippen molar-refractivity contribution in [3.05, 3.63) is 88.5 Å². The van der Waals surface area contributed by atoms with Crippen molar-refractivity contribution in [3.63, 3.8) is 0 Å². The molecule has 0 radical (unpaired) electrons. The van der Waals surface area contributed by atoms with Crippen LogP contribution in [0.1, 0.15) is 52.0 Å². The van der Waals surface area contributed by atoms with Crippen molar-refractivity contribution in [2.75, 3.05) is 36.0 Å². The fourth-order valence-electron chi connectivity index (χ4n) is 6.16. The number of carbonyl (C=O) groups excluding carboxylic acids is 2. The van der Waals surface area contributed by atoms with E-state index in [2.05, 4.69) is 48.3 Å². The van der Waals surface area contributed by atoms with Gasteiger partial charge in [0, 0.05) is 49.4 Å². The first-order chi connectivity index (χ1) is 18.2. The lowest BCUT2D eigenvalue weighted by atomic mass is 9.89. The molecule has 0 aliphatic carbocycles. The number of urea groups is 1. The van der Waals surface area contributed by atoms with Crippen LogP contribution in [0.5, 0.6) is 5.75 Å². The molecule has 2 atom stereocenters. The minimum atomic E-state index is -0.853. The van der Waals surface area contributed by atoms with Crippen LogP contribution >= 0.6 is 0 Å². The van der Waals surface area contributed by atoms with Gasteiger partial charge >= 0.3 is 6.03 Å². The zero-order valence-corrected chi connectivity index (χ0v) is 22.5. The second kappa shape index (κ2) is 9.08. The maximum Gasteiger partial charge on any atom is 0.325 e. The maximum atomic E-state index is 13.5. The van der Waals surface area contributed by atoms with Crippen LogP contribution in [0.3, 0.4) is 0 Å². The summed E-state index contributed by atoms with van der Waals surface area (Å²) in [5.74, 6) is 0.770. The third-order valence-electron chi connectivity index (χ3n) is 8.04. The smallest absolute Gasteiger partial charge is 0.325 e. The maximum absolute atomic E-state index is 13.5. The summed E-state index contributed by atoms with van der Waals surface area (Å²) >= 11 is 0. The van der Waals surface area contributed by atoms with Gasteiger partial charge in [0.1, 0.15) is 5.75 Å². The van der Waals surface area contributed by atoms with Gasteiger partial charge in [-0.25, -0.2) is 4.79 Å². The van der Waals surface area contributed by atoms with E-state index in [1.165, 1.54) is 16.8 Å². The van der Waals surface area contributed by atoms with Crippen LogP contribution < -0.4 is 19.9 Å². The van der Waals surface area contributed by atoms with Crippen LogP contribution in [0, 0.1) is 20.8 Å². The first-order valence-electron chi connectivity index (χ1n) is 13.3. The molecule has 3 amide bonds. The fourth-order valence-corrected chi connectivity index (χ4v) is 6.16. The standard InChI is InChI=1S/C31H34N4O3/c1-20-8-10-27(22(3)16-20)33-12-14-34(15-13-33)29(36)23-6-5-7-24(18-23)35-30(37)32-26-19-31(35,4)38-28-11-9-21(2)17-25(26)28/h5-11,16-18,26H,12-15,19H2,1-4H3,(H,32,37)/t26-,31+/m0/s1. The molecule has 7 heteroatoms. The Kier molecular flexibility index (Phi) is 5.82. The van der Waals surface area contributed by atoms with Crippen molar-refractivity contribution in [2.45, 2.75) is 45.9 Å². The Balaban J connectivity index is 1.20. The minimum absolute atomic E-state index is 0.0158. The molecule has 0 spiro atoms. The fraction of sp³-hybridized carbons (Fsp3) is 0.355. The third kappa shape index (κ3) is 4.16. The molecule has 0 saturated carbocycles. The van der Waals surface area contributed by atoms with Gasteiger partial charge in [-0.15, -0.1) is 0 Å². The summed E-state index contributed by atoms with van der Waals surface area (Å²) in [6.45, 7) is 11.1. The zero-order chi connectivity index (χ0) is 26.6. The molecule has 2 bridgehead atoms. The summed E-state index contributed by atoms with van der Waals surface area (Å²) in [7, 11) is 0. The van der Waals surface area contributed by atoms with Gasteiger partial charge in [0.05, 0.1) is 11.7 Å². The van der Waals surface area contributed by atoms with Crippen molar-refractivity contribution >= 4 is 23.3 Å². The van der Waals surface area contributed by atoms with Crippen LogP contribution in [-0.2, 0) is 0 Å². The third-order valence-corrected chi connectivity index (χ3v) is 8.04. The molecule has 3 aromatic carbocycles. The van der Waals surface area contributed by atoms with Gasteiger partial charge in [-0.1, -0.05) is 41.5 Å². The van der Waals surface area contributed by atoms with Gasteiger partial charge in [-0.2, -0.15) is 0 Å². The van der Waals surface area contributed by atoms with E-state index in [9.17, 15) is 9.59 Å². The SMILES string of the molecule is Cc1ccc(N2CCN(C(=O)c3cccc(N4C(=O)N[C@H]5C[C@@]4(C)Oc4ccc(C)cc45)c3)CC2)c(C)c1. The number of nitrogens with zero attached hydrogens (tertiary/aromatic N) is 3. The summed E-state index contributed by atoms with van der Waals surface area (Å²) in [4.78, 5) is 32.8. The largest absolute Gasteiger partial charge is 0.467 e. The molecule has 196 valence electrons. The van der Waals surface area contributed by atoms with Crippen molar-refractivity contribution in [1.82, 2.24) is 10.2 Å². The summed E-state index contributed by atoms with van der Waals surface area (Å²) in [5.41, 5.74) is 6.27. The number of nitrogens with one attached hydrogen (secondary N) is 1. The zero-order valence-electron chi connectivity index (χ0n) is 22.5. The predicted molar refractivity (Wildman–Crippen MR) is 149 cm³/mol. The highest BCUT2D eigenvalue weighted by Gasteiger charge is 2.50. The number of ether oxygens (including phenoxy) is 1. The van der Waals surface area contributed by atoms with E-state index in [0.717, 1.165) is 30.0 Å². The van der Waals surface area contributed by atoms with Gasteiger partial charge in [-0.05, 0) is 63.6 Å². The molecule has 2 fully saturated rings. The molecule has 38 heavy (non-hydrogen) atoms. The van der Waals surface area contributed by atoms with Crippen LogP contribution in [0.25, 0.3) is 0 Å². The topological polar surface area (TPSA) is 65.1 Å². The lowest BCUT2D eigenvalue weighted by Gasteiger charge is -2.50. The van der Waals surface area contributed by atoms with Gasteiger partial charge < -0.3 is 19.9 Å². The Bertz CT molecular complexity index is 1430. The lowest BCUT2D eigenvalue weighted by Crippen LogP contribution is -2.65. The van der Waals surface area contributed by atoms with Crippen LogP contribution in [0.2, 0.25) is 0 Å². The number of aryl methyl sites for hydroxylation is 3. The Morgan fingerprint density at radius 2 is 1.68 bits per heavy atom. The van der Waals surface area contributed by atoms with E-state index >= 15 is 0 Å². The molecule has 0 aromatic heterocycles.